The minimum Gasteiger partial charge on any atom is -0.358 e. The van der Waals surface area contributed by atoms with Gasteiger partial charge in [-0.2, -0.15) is 0 Å². The largest absolute Gasteiger partial charge is 0.358 e. The maximum atomic E-state index is 4.19. The number of hydrogen-bond acceptors (Lipinski definition) is 6. The number of rotatable bonds is 3. The maximum absolute atomic E-state index is 4.19. The summed E-state index contributed by atoms with van der Waals surface area (Å²) in [6, 6.07) is 34.8. The van der Waals surface area contributed by atoms with E-state index in [1.54, 1.807) is 37.2 Å². The van der Waals surface area contributed by atoms with Crippen LogP contribution in [0.2, 0.25) is 0 Å². The molecule has 0 atom stereocenters. The van der Waals surface area contributed by atoms with Crippen LogP contribution in [0, 0.1) is 7.43 Å². The average Bonchev–Trinajstić information content (AvgIpc) is 3.01. The zero-order valence-corrected chi connectivity index (χ0v) is 21.9. The molecule has 0 aliphatic rings. The standard InChI is InChI=1S/3C10H8N2.CH3.Co/c3*1-3-7-11-9(5-1)10-6-2-4-8-12-10;;/h3*1-8H;1H3;/q;;;-1;. The predicted molar refractivity (Wildman–Crippen MR) is 149 cm³/mol. The van der Waals surface area contributed by atoms with Gasteiger partial charge in [0.1, 0.15) is 0 Å². The van der Waals surface area contributed by atoms with E-state index in [-0.39, 0.29) is 24.2 Å². The third-order valence-corrected chi connectivity index (χ3v) is 4.78. The molecule has 0 N–H and O–H groups in total. The molecule has 0 spiro atoms. The molecule has 0 aromatic carbocycles. The first-order valence-corrected chi connectivity index (χ1v) is 11.4. The van der Waals surface area contributed by atoms with Gasteiger partial charge in [0, 0.05) is 54.0 Å². The van der Waals surface area contributed by atoms with Gasteiger partial charge in [0.15, 0.2) is 0 Å². The van der Waals surface area contributed by atoms with Crippen LogP contribution in [0.25, 0.3) is 34.2 Å². The predicted octanol–water partition coefficient (Wildman–Crippen LogP) is 6.88. The average molecular weight is 543 g/mol. The fourth-order valence-electron chi connectivity index (χ4n) is 3.09. The van der Waals surface area contributed by atoms with E-state index >= 15 is 0 Å². The van der Waals surface area contributed by atoms with Crippen molar-refractivity contribution >= 4 is 0 Å². The molecule has 191 valence electrons. The topological polar surface area (TPSA) is 77.3 Å². The Morgan fingerprint density at radius 1 is 0.263 bits per heavy atom. The van der Waals surface area contributed by atoms with Gasteiger partial charge >= 0.3 is 0 Å². The third kappa shape index (κ3) is 9.46. The summed E-state index contributed by atoms with van der Waals surface area (Å²) in [5.74, 6) is 0. The zero-order chi connectivity index (χ0) is 24.7. The molecular formula is C31H27CoN6-. The van der Waals surface area contributed by atoms with Gasteiger partial charge in [-0.1, -0.05) is 36.4 Å². The Bertz CT molecular complexity index is 1100. The molecule has 0 amide bonds. The summed E-state index contributed by atoms with van der Waals surface area (Å²) >= 11 is 0. The SMILES string of the molecule is [CH3-].[Co].c1ccc(-c2ccccn2)nc1.c1ccc(-c2ccccn2)nc1.c1ccc(-c2ccccn2)nc1. The van der Waals surface area contributed by atoms with Crippen LogP contribution in [0.5, 0.6) is 0 Å². The second-order valence-electron chi connectivity index (χ2n) is 7.29. The first kappa shape index (κ1) is 29.6. The second kappa shape index (κ2) is 17.0. The summed E-state index contributed by atoms with van der Waals surface area (Å²) in [6.07, 6.45) is 10.6. The molecule has 6 nitrogen and oxygen atoms in total. The molecule has 6 aromatic heterocycles. The van der Waals surface area contributed by atoms with Gasteiger partial charge in [0.05, 0.1) is 34.2 Å². The van der Waals surface area contributed by atoms with Gasteiger partial charge in [0.2, 0.25) is 0 Å². The van der Waals surface area contributed by atoms with E-state index in [9.17, 15) is 0 Å². The maximum Gasteiger partial charge on any atom is 0.0886 e. The zero-order valence-electron chi connectivity index (χ0n) is 20.9. The van der Waals surface area contributed by atoms with Crippen molar-refractivity contribution in [3.05, 3.63) is 154 Å². The number of pyridine rings is 6. The fourth-order valence-corrected chi connectivity index (χ4v) is 3.09. The fraction of sp³-hybridized carbons (Fsp3) is 0. The Hall–Kier alpha value is -4.59. The van der Waals surface area contributed by atoms with Crippen LogP contribution in [-0.2, 0) is 16.8 Å². The Labute approximate surface area is 234 Å². The smallest absolute Gasteiger partial charge is 0.0886 e. The van der Waals surface area contributed by atoms with Crippen molar-refractivity contribution in [1.29, 1.82) is 0 Å². The molecule has 6 rings (SSSR count). The molecule has 1 radical (unpaired) electrons. The van der Waals surface area contributed by atoms with Gasteiger partial charge in [0.25, 0.3) is 0 Å². The summed E-state index contributed by atoms with van der Waals surface area (Å²) in [4.78, 5) is 25.1. The number of hydrogen-bond donors (Lipinski definition) is 0. The summed E-state index contributed by atoms with van der Waals surface area (Å²) in [5.41, 5.74) is 5.49. The van der Waals surface area contributed by atoms with E-state index in [0.717, 1.165) is 34.2 Å². The van der Waals surface area contributed by atoms with Crippen LogP contribution in [-0.4, -0.2) is 29.9 Å². The normalized spacial score (nSPS) is 9.16. The molecule has 38 heavy (non-hydrogen) atoms. The van der Waals surface area contributed by atoms with E-state index in [1.807, 2.05) is 109 Å². The quantitative estimate of drug-likeness (QED) is 0.227. The first-order chi connectivity index (χ1) is 17.9. The summed E-state index contributed by atoms with van der Waals surface area (Å²) < 4.78 is 0. The van der Waals surface area contributed by atoms with Crippen molar-refractivity contribution in [1.82, 2.24) is 29.9 Å². The molecule has 7 heteroatoms. The van der Waals surface area contributed by atoms with Gasteiger partial charge in [-0.05, 0) is 72.8 Å². The molecule has 6 aromatic rings. The molecule has 0 aliphatic heterocycles. The minimum atomic E-state index is 0. The van der Waals surface area contributed by atoms with Crippen LogP contribution in [0.15, 0.2) is 146 Å². The van der Waals surface area contributed by atoms with Crippen molar-refractivity contribution < 1.29 is 16.8 Å². The van der Waals surface area contributed by atoms with E-state index in [2.05, 4.69) is 29.9 Å². The van der Waals surface area contributed by atoms with Gasteiger partial charge < -0.3 is 7.43 Å². The second-order valence-corrected chi connectivity index (χ2v) is 7.29. The molecule has 0 saturated carbocycles. The summed E-state index contributed by atoms with van der Waals surface area (Å²) in [5, 5.41) is 0. The van der Waals surface area contributed by atoms with Crippen LogP contribution in [0.4, 0.5) is 0 Å². The molecule has 0 bridgehead atoms. The van der Waals surface area contributed by atoms with Crippen molar-refractivity contribution in [2.75, 3.05) is 0 Å². The van der Waals surface area contributed by atoms with Crippen molar-refractivity contribution in [2.45, 2.75) is 0 Å². The third-order valence-electron chi connectivity index (χ3n) is 4.78. The molecule has 0 unspecified atom stereocenters. The number of nitrogens with zero attached hydrogens (tertiary/aromatic N) is 6. The minimum absolute atomic E-state index is 0. The van der Waals surface area contributed by atoms with Crippen LogP contribution in [0.3, 0.4) is 0 Å². The van der Waals surface area contributed by atoms with Gasteiger partial charge in [-0.25, -0.2) is 0 Å². The van der Waals surface area contributed by atoms with Crippen LogP contribution in [0.1, 0.15) is 0 Å². The Morgan fingerprint density at radius 2 is 0.421 bits per heavy atom. The Kier molecular flexibility index (Phi) is 13.2. The van der Waals surface area contributed by atoms with Crippen LogP contribution < -0.4 is 0 Å². The van der Waals surface area contributed by atoms with Gasteiger partial charge in [-0.3, -0.25) is 29.9 Å². The van der Waals surface area contributed by atoms with E-state index < -0.39 is 0 Å². The van der Waals surface area contributed by atoms with Crippen molar-refractivity contribution in [3.63, 3.8) is 0 Å². The summed E-state index contributed by atoms with van der Waals surface area (Å²) in [6.45, 7) is 0. The van der Waals surface area contributed by atoms with Gasteiger partial charge in [-0.15, -0.1) is 0 Å². The molecule has 6 heterocycles. The Morgan fingerprint density at radius 3 is 0.526 bits per heavy atom. The molecule has 0 aliphatic carbocycles. The van der Waals surface area contributed by atoms with Crippen LogP contribution >= 0.6 is 0 Å². The summed E-state index contributed by atoms with van der Waals surface area (Å²) in [7, 11) is 0. The van der Waals surface area contributed by atoms with E-state index in [4.69, 9.17) is 0 Å². The number of aromatic nitrogens is 6. The molecular weight excluding hydrogens is 515 g/mol. The van der Waals surface area contributed by atoms with Crippen molar-refractivity contribution in [2.24, 2.45) is 0 Å². The first-order valence-electron chi connectivity index (χ1n) is 11.4. The molecule has 0 fully saturated rings. The Balaban J connectivity index is 0.000000195. The van der Waals surface area contributed by atoms with E-state index in [1.165, 1.54) is 0 Å². The van der Waals surface area contributed by atoms with E-state index in [0.29, 0.717) is 0 Å². The van der Waals surface area contributed by atoms with Crippen molar-refractivity contribution in [3.8, 4) is 34.2 Å². The monoisotopic (exact) mass is 542 g/mol. The molecule has 0 saturated heterocycles.